The molecule has 72 valence electrons. The SMILES string of the molecule is Cc1ccc(Oc2nsnc2Cl)cn1. The van der Waals surface area contributed by atoms with Crippen LogP contribution in [0.15, 0.2) is 18.3 Å². The van der Waals surface area contributed by atoms with Crippen LogP contribution in [-0.4, -0.2) is 13.7 Å². The number of rotatable bonds is 2. The molecule has 0 aliphatic carbocycles. The van der Waals surface area contributed by atoms with E-state index in [2.05, 4.69) is 13.7 Å². The highest BCUT2D eigenvalue weighted by Crippen LogP contribution is 2.26. The molecule has 0 saturated carbocycles. The van der Waals surface area contributed by atoms with Crippen LogP contribution in [0.25, 0.3) is 0 Å². The van der Waals surface area contributed by atoms with Gasteiger partial charge in [-0.2, -0.15) is 4.37 Å². The number of nitrogens with zero attached hydrogens (tertiary/aromatic N) is 3. The Morgan fingerprint density at radius 3 is 2.79 bits per heavy atom. The first-order valence-corrected chi connectivity index (χ1v) is 4.95. The summed E-state index contributed by atoms with van der Waals surface area (Å²) in [5.41, 5.74) is 0.930. The number of hydrogen-bond donors (Lipinski definition) is 0. The van der Waals surface area contributed by atoms with Gasteiger partial charge in [0, 0.05) is 5.69 Å². The summed E-state index contributed by atoms with van der Waals surface area (Å²) in [7, 11) is 0. The van der Waals surface area contributed by atoms with Crippen LogP contribution in [0.5, 0.6) is 11.6 Å². The Morgan fingerprint density at radius 1 is 1.36 bits per heavy atom. The van der Waals surface area contributed by atoms with Gasteiger partial charge in [0.15, 0.2) is 0 Å². The maximum absolute atomic E-state index is 5.71. The topological polar surface area (TPSA) is 47.9 Å². The van der Waals surface area contributed by atoms with E-state index in [9.17, 15) is 0 Å². The number of pyridine rings is 1. The number of ether oxygens (including phenoxy) is 1. The molecular formula is C8H6ClN3OS. The Kier molecular flexibility index (Phi) is 2.60. The summed E-state index contributed by atoms with van der Waals surface area (Å²) >= 11 is 6.72. The first kappa shape index (κ1) is 9.36. The van der Waals surface area contributed by atoms with Gasteiger partial charge in [0.2, 0.25) is 5.15 Å². The molecule has 6 heteroatoms. The van der Waals surface area contributed by atoms with E-state index in [-0.39, 0.29) is 5.15 Å². The van der Waals surface area contributed by atoms with Crippen LogP contribution in [0.4, 0.5) is 0 Å². The van der Waals surface area contributed by atoms with Crippen LogP contribution < -0.4 is 4.74 Å². The maximum Gasteiger partial charge on any atom is 0.270 e. The first-order valence-electron chi connectivity index (χ1n) is 3.84. The average Bonchev–Trinajstić information content (AvgIpc) is 2.56. The quantitative estimate of drug-likeness (QED) is 0.792. The van der Waals surface area contributed by atoms with Crippen LogP contribution in [0.2, 0.25) is 5.15 Å². The van der Waals surface area contributed by atoms with Crippen molar-refractivity contribution in [3.63, 3.8) is 0 Å². The van der Waals surface area contributed by atoms with E-state index >= 15 is 0 Å². The molecule has 2 aromatic rings. The number of halogens is 1. The minimum Gasteiger partial charge on any atom is -0.434 e. The monoisotopic (exact) mass is 227 g/mol. The van der Waals surface area contributed by atoms with Crippen molar-refractivity contribution in [2.24, 2.45) is 0 Å². The van der Waals surface area contributed by atoms with E-state index in [1.54, 1.807) is 12.3 Å². The molecular weight excluding hydrogens is 222 g/mol. The van der Waals surface area contributed by atoms with Gasteiger partial charge in [0.1, 0.15) is 5.75 Å². The van der Waals surface area contributed by atoms with E-state index in [0.717, 1.165) is 17.4 Å². The molecule has 0 saturated heterocycles. The van der Waals surface area contributed by atoms with Crippen molar-refractivity contribution >= 4 is 23.3 Å². The summed E-state index contributed by atoms with van der Waals surface area (Å²) in [6.07, 6.45) is 1.62. The summed E-state index contributed by atoms with van der Waals surface area (Å²) in [5, 5.41) is 0.274. The minimum absolute atomic E-state index is 0.274. The molecule has 2 aromatic heterocycles. The predicted octanol–water partition coefficient (Wildman–Crippen LogP) is 2.69. The second-order valence-electron chi connectivity index (χ2n) is 2.60. The number of aromatic nitrogens is 3. The standard InChI is InChI=1S/C8H6ClN3OS/c1-5-2-3-6(4-10-5)13-8-7(9)11-14-12-8/h2-4H,1H3. The van der Waals surface area contributed by atoms with Gasteiger partial charge in [0.25, 0.3) is 5.88 Å². The highest BCUT2D eigenvalue weighted by atomic mass is 35.5. The molecule has 0 unspecified atom stereocenters. The molecule has 0 bridgehead atoms. The zero-order valence-corrected chi connectivity index (χ0v) is 8.84. The smallest absolute Gasteiger partial charge is 0.270 e. The van der Waals surface area contributed by atoms with Gasteiger partial charge in [-0.05, 0) is 19.1 Å². The van der Waals surface area contributed by atoms with Gasteiger partial charge in [-0.15, -0.1) is 4.37 Å². The third kappa shape index (κ3) is 2.00. The van der Waals surface area contributed by atoms with Crippen molar-refractivity contribution in [2.75, 3.05) is 0 Å². The summed E-state index contributed by atoms with van der Waals surface area (Å²) in [6.45, 7) is 1.90. The molecule has 0 amide bonds. The van der Waals surface area contributed by atoms with Crippen molar-refractivity contribution in [1.29, 1.82) is 0 Å². The molecule has 0 aromatic carbocycles. The molecule has 0 atom stereocenters. The molecule has 4 nitrogen and oxygen atoms in total. The van der Waals surface area contributed by atoms with Gasteiger partial charge in [-0.1, -0.05) is 11.6 Å². The second-order valence-corrected chi connectivity index (χ2v) is 3.48. The normalized spacial score (nSPS) is 10.1. The van der Waals surface area contributed by atoms with Crippen LogP contribution in [0.1, 0.15) is 5.69 Å². The van der Waals surface area contributed by atoms with E-state index in [0.29, 0.717) is 11.6 Å². The number of hydrogen-bond acceptors (Lipinski definition) is 5. The Labute approximate surface area is 89.9 Å². The lowest BCUT2D eigenvalue weighted by atomic mass is 10.4. The van der Waals surface area contributed by atoms with Crippen LogP contribution in [0.3, 0.4) is 0 Å². The first-order chi connectivity index (χ1) is 6.75. The third-order valence-electron chi connectivity index (χ3n) is 1.52. The fourth-order valence-electron chi connectivity index (χ4n) is 0.857. The number of aryl methyl sites for hydroxylation is 1. The van der Waals surface area contributed by atoms with Crippen molar-refractivity contribution in [2.45, 2.75) is 6.92 Å². The van der Waals surface area contributed by atoms with E-state index < -0.39 is 0 Å². The summed E-state index contributed by atoms with van der Waals surface area (Å²) in [6, 6.07) is 3.65. The lowest BCUT2D eigenvalue weighted by Gasteiger charge is -2.00. The predicted molar refractivity (Wildman–Crippen MR) is 54.0 cm³/mol. The molecule has 0 spiro atoms. The van der Waals surface area contributed by atoms with Crippen LogP contribution >= 0.6 is 23.3 Å². The Balaban J connectivity index is 2.19. The largest absolute Gasteiger partial charge is 0.434 e. The van der Waals surface area contributed by atoms with Crippen molar-refractivity contribution in [3.8, 4) is 11.6 Å². The minimum atomic E-state index is 0.274. The van der Waals surface area contributed by atoms with Crippen molar-refractivity contribution in [1.82, 2.24) is 13.7 Å². The van der Waals surface area contributed by atoms with Crippen LogP contribution in [-0.2, 0) is 0 Å². The molecule has 0 aliphatic rings. The Morgan fingerprint density at radius 2 is 2.21 bits per heavy atom. The fraction of sp³-hybridized carbons (Fsp3) is 0.125. The highest BCUT2D eigenvalue weighted by Gasteiger charge is 2.07. The molecule has 0 radical (unpaired) electrons. The fourth-order valence-corrected chi connectivity index (χ4v) is 1.47. The zero-order valence-electron chi connectivity index (χ0n) is 7.27. The summed E-state index contributed by atoms with van der Waals surface area (Å²) in [5.74, 6) is 0.924. The van der Waals surface area contributed by atoms with Crippen molar-refractivity contribution < 1.29 is 4.74 Å². The van der Waals surface area contributed by atoms with E-state index in [1.807, 2.05) is 13.0 Å². The lowest BCUT2D eigenvalue weighted by Crippen LogP contribution is -1.86. The molecule has 2 heterocycles. The molecule has 14 heavy (non-hydrogen) atoms. The van der Waals surface area contributed by atoms with Gasteiger partial charge in [-0.3, -0.25) is 4.98 Å². The Bertz CT molecular complexity index is 428. The van der Waals surface area contributed by atoms with Gasteiger partial charge in [-0.25, -0.2) is 0 Å². The van der Waals surface area contributed by atoms with Crippen molar-refractivity contribution in [3.05, 3.63) is 29.2 Å². The lowest BCUT2D eigenvalue weighted by molar-refractivity contribution is 0.465. The Hall–Kier alpha value is -1.20. The van der Waals surface area contributed by atoms with E-state index in [4.69, 9.17) is 16.3 Å². The maximum atomic E-state index is 5.71. The molecule has 0 aliphatic heterocycles. The third-order valence-corrected chi connectivity index (χ3v) is 2.38. The molecule has 0 N–H and O–H groups in total. The van der Waals surface area contributed by atoms with Gasteiger partial charge in [0.05, 0.1) is 17.9 Å². The molecule has 2 rings (SSSR count). The molecule has 0 fully saturated rings. The average molecular weight is 228 g/mol. The zero-order chi connectivity index (χ0) is 9.97. The second kappa shape index (κ2) is 3.89. The van der Waals surface area contributed by atoms with Gasteiger partial charge < -0.3 is 4.74 Å². The van der Waals surface area contributed by atoms with Crippen LogP contribution in [0, 0.1) is 6.92 Å². The van der Waals surface area contributed by atoms with Gasteiger partial charge >= 0.3 is 0 Å². The highest BCUT2D eigenvalue weighted by molar-refractivity contribution is 6.99. The van der Waals surface area contributed by atoms with E-state index in [1.165, 1.54) is 0 Å². The summed E-state index contributed by atoms with van der Waals surface area (Å²) in [4.78, 5) is 4.08. The summed E-state index contributed by atoms with van der Waals surface area (Å²) < 4.78 is 13.0.